The highest BCUT2D eigenvalue weighted by Crippen LogP contribution is 2.46. The molecule has 0 aromatic carbocycles. The molecule has 0 saturated heterocycles. The maximum atomic E-state index is 2.28. The monoisotopic (exact) mass is 224 g/mol. The second-order valence-electron chi connectivity index (χ2n) is 2.93. The van der Waals surface area contributed by atoms with Crippen molar-refractivity contribution in [2.24, 2.45) is 0 Å². The minimum atomic E-state index is 1.14. The molecule has 0 atom stereocenters. The standard InChI is InChI=1S/C10H8S3/c1-3-7-8-4-2-6-12-10(8)13-9(7)11-5-1/h1-4H,5-6H2. The number of rotatable bonds is 0. The van der Waals surface area contributed by atoms with E-state index in [9.17, 15) is 0 Å². The normalized spacial score (nSPS) is 18.5. The molecule has 3 rings (SSSR count). The summed E-state index contributed by atoms with van der Waals surface area (Å²) < 4.78 is 3.01. The minimum absolute atomic E-state index is 1.14. The molecule has 2 aliphatic heterocycles. The van der Waals surface area contributed by atoms with Crippen molar-refractivity contribution in [3.63, 3.8) is 0 Å². The summed E-state index contributed by atoms with van der Waals surface area (Å²) in [7, 11) is 0. The Labute approximate surface area is 90.1 Å². The van der Waals surface area contributed by atoms with Gasteiger partial charge in [-0.3, -0.25) is 0 Å². The Balaban J connectivity index is 2.23. The summed E-state index contributed by atoms with van der Waals surface area (Å²) in [5, 5.41) is 0. The van der Waals surface area contributed by atoms with Crippen molar-refractivity contribution in [2.45, 2.75) is 8.42 Å². The van der Waals surface area contributed by atoms with Gasteiger partial charge in [0.15, 0.2) is 0 Å². The van der Waals surface area contributed by atoms with Crippen molar-refractivity contribution in [2.75, 3.05) is 11.5 Å². The van der Waals surface area contributed by atoms with Gasteiger partial charge in [0.2, 0.25) is 0 Å². The lowest BCUT2D eigenvalue weighted by Crippen LogP contribution is -1.86. The van der Waals surface area contributed by atoms with Crippen LogP contribution in [0.5, 0.6) is 0 Å². The Bertz CT molecular complexity index is 362. The van der Waals surface area contributed by atoms with Crippen LogP contribution in [0.3, 0.4) is 0 Å². The van der Waals surface area contributed by atoms with Crippen molar-refractivity contribution in [3.05, 3.63) is 23.3 Å². The van der Waals surface area contributed by atoms with Gasteiger partial charge < -0.3 is 0 Å². The van der Waals surface area contributed by atoms with Gasteiger partial charge in [-0.1, -0.05) is 24.3 Å². The Morgan fingerprint density at radius 1 is 0.846 bits per heavy atom. The van der Waals surface area contributed by atoms with Crippen LogP contribution < -0.4 is 0 Å². The van der Waals surface area contributed by atoms with Gasteiger partial charge in [-0.15, -0.1) is 34.9 Å². The highest BCUT2D eigenvalue weighted by molar-refractivity contribution is 8.03. The summed E-state index contributed by atoms with van der Waals surface area (Å²) in [6.45, 7) is 0. The van der Waals surface area contributed by atoms with Gasteiger partial charge in [0, 0.05) is 22.6 Å². The number of fused-ring (bicyclic) bond motifs is 3. The highest BCUT2D eigenvalue weighted by Gasteiger charge is 2.18. The van der Waals surface area contributed by atoms with Crippen LogP contribution in [0.1, 0.15) is 11.1 Å². The number of thioether (sulfide) groups is 2. The maximum Gasteiger partial charge on any atom is 0.0692 e. The minimum Gasteiger partial charge on any atom is -0.121 e. The Morgan fingerprint density at radius 2 is 1.38 bits per heavy atom. The molecule has 2 aliphatic rings. The Morgan fingerprint density at radius 3 is 1.92 bits per heavy atom. The third-order valence-corrected chi connectivity index (χ3v) is 5.81. The van der Waals surface area contributed by atoms with Gasteiger partial charge >= 0.3 is 0 Å². The van der Waals surface area contributed by atoms with E-state index in [1.165, 1.54) is 19.5 Å². The first kappa shape index (κ1) is 8.21. The molecule has 0 saturated carbocycles. The molecule has 0 N–H and O–H groups in total. The van der Waals surface area contributed by atoms with Crippen LogP contribution in [0.25, 0.3) is 12.2 Å². The molecule has 0 radical (unpaired) electrons. The van der Waals surface area contributed by atoms with E-state index in [-0.39, 0.29) is 0 Å². The zero-order valence-corrected chi connectivity index (χ0v) is 9.40. The fraction of sp³-hybridized carbons (Fsp3) is 0.200. The molecule has 0 unspecified atom stereocenters. The van der Waals surface area contributed by atoms with E-state index >= 15 is 0 Å². The summed E-state index contributed by atoms with van der Waals surface area (Å²) in [4.78, 5) is 0. The summed E-state index contributed by atoms with van der Waals surface area (Å²) in [5.41, 5.74) is 2.92. The van der Waals surface area contributed by atoms with Gasteiger partial charge in [-0.05, 0) is 0 Å². The van der Waals surface area contributed by atoms with E-state index in [0.717, 1.165) is 11.5 Å². The van der Waals surface area contributed by atoms with E-state index in [4.69, 9.17) is 0 Å². The van der Waals surface area contributed by atoms with Gasteiger partial charge in [0.1, 0.15) is 0 Å². The summed E-state index contributed by atoms with van der Waals surface area (Å²) in [6.07, 6.45) is 9.06. The lowest BCUT2D eigenvalue weighted by atomic mass is 10.1. The molecular weight excluding hydrogens is 216 g/mol. The molecule has 0 spiro atoms. The van der Waals surface area contributed by atoms with Crippen LogP contribution in [0.15, 0.2) is 20.6 Å². The molecule has 13 heavy (non-hydrogen) atoms. The van der Waals surface area contributed by atoms with Crippen LogP contribution in [0, 0.1) is 0 Å². The van der Waals surface area contributed by atoms with Gasteiger partial charge in [0.05, 0.1) is 8.42 Å². The van der Waals surface area contributed by atoms with Crippen LogP contribution in [-0.2, 0) is 0 Å². The van der Waals surface area contributed by atoms with Gasteiger partial charge in [-0.25, -0.2) is 0 Å². The predicted octanol–water partition coefficient (Wildman–Crippen LogP) is 3.99. The Kier molecular flexibility index (Phi) is 2.04. The lowest BCUT2D eigenvalue weighted by Gasteiger charge is -2.06. The number of hydrogen-bond acceptors (Lipinski definition) is 3. The molecular formula is C10H8S3. The average molecular weight is 224 g/mol. The molecule has 3 heterocycles. The molecule has 0 aliphatic carbocycles. The summed E-state index contributed by atoms with van der Waals surface area (Å²) in [5.74, 6) is 2.28. The van der Waals surface area contributed by atoms with E-state index in [0.29, 0.717) is 0 Å². The topological polar surface area (TPSA) is 0 Å². The van der Waals surface area contributed by atoms with E-state index in [2.05, 4.69) is 24.3 Å². The summed E-state index contributed by atoms with van der Waals surface area (Å²) >= 11 is 5.89. The second-order valence-corrected chi connectivity index (χ2v) is 6.53. The molecule has 66 valence electrons. The molecule has 1 aromatic rings. The van der Waals surface area contributed by atoms with Gasteiger partial charge in [0.25, 0.3) is 0 Å². The van der Waals surface area contributed by atoms with Crippen LogP contribution in [-0.4, -0.2) is 11.5 Å². The largest absolute Gasteiger partial charge is 0.121 e. The van der Waals surface area contributed by atoms with Crippen LogP contribution in [0.2, 0.25) is 0 Å². The fourth-order valence-corrected chi connectivity index (χ4v) is 5.16. The third-order valence-electron chi connectivity index (χ3n) is 2.11. The highest BCUT2D eigenvalue weighted by atomic mass is 32.2. The van der Waals surface area contributed by atoms with Crippen molar-refractivity contribution in [1.29, 1.82) is 0 Å². The first-order valence-electron chi connectivity index (χ1n) is 4.20. The average Bonchev–Trinajstić information content (AvgIpc) is 2.56. The molecule has 1 aromatic heterocycles. The molecule has 3 heteroatoms. The molecule has 0 fully saturated rings. The zero-order valence-electron chi connectivity index (χ0n) is 6.95. The van der Waals surface area contributed by atoms with Crippen LogP contribution >= 0.6 is 34.9 Å². The predicted molar refractivity (Wildman–Crippen MR) is 63.8 cm³/mol. The molecule has 0 nitrogen and oxygen atoms in total. The van der Waals surface area contributed by atoms with Crippen molar-refractivity contribution >= 4 is 47.0 Å². The fourth-order valence-electron chi connectivity index (χ4n) is 1.52. The number of thiophene rings is 1. The first-order chi connectivity index (χ1) is 6.45. The Hall–Kier alpha value is -0.120. The number of hydrogen-bond donors (Lipinski definition) is 0. The van der Waals surface area contributed by atoms with E-state index in [1.54, 1.807) is 0 Å². The first-order valence-corrected chi connectivity index (χ1v) is 6.99. The van der Waals surface area contributed by atoms with E-state index < -0.39 is 0 Å². The summed E-state index contributed by atoms with van der Waals surface area (Å²) in [6, 6.07) is 0. The van der Waals surface area contributed by atoms with E-state index in [1.807, 2.05) is 34.9 Å². The van der Waals surface area contributed by atoms with Crippen molar-refractivity contribution in [3.8, 4) is 0 Å². The second kappa shape index (κ2) is 3.23. The lowest BCUT2D eigenvalue weighted by molar-refractivity contribution is 1.50. The molecule has 0 bridgehead atoms. The zero-order chi connectivity index (χ0) is 8.67. The van der Waals surface area contributed by atoms with Crippen LogP contribution in [0.4, 0.5) is 0 Å². The quantitative estimate of drug-likeness (QED) is 0.653. The molecule has 0 amide bonds. The van der Waals surface area contributed by atoms with Crippen molar-refractivity contribution < 1.29 is 0 Å². The SMILES string of the molecule is C1=Cc2c(sc3c2C=CCS3)SC1. The smallest absolute Gasteiger partial charge is 0.0692 e. The maximum absolute atomic E-state index is 2.28. The van der Waals surface area contributed by atoms with Gasteiger partial charge in [-0.2, -0.15) is 0 Å². The third kappa shape index (κ3) is 1.30. The van der Waals surface area contributed by atoms with Crippen molar-refractivity contribution in [1.82, 2.24) is 0 Å².